The van der Waals surface area contributed by atoms with Crippen LogP contribution in [0.4, 0.5) is 0 Å². The topological polar surface area (TPSA) is 249 Å². The van der Waals surface area contributed by atoms with Gasteiger partial charge in [0.05, 0.1) is 12.7 Å². The van der Waals surface area contributed by atoms with Crippen LogP contribution in [0.3, 0.4) is 0 Å². The van der Waals surface area contributed by atoms with E-state index >= 15 is 0 Å². The van der Waals surface area contributed by atoms with E-state index in [9.17, 15) is 50.8 Å². The number of aliphatic hydroxyl groups is 6. The van der Waals surface area contributed by atoms with Crippen LogP contribution >= 0.6 is 0 Å². The zero-order valence-corrected chi connectivity index (χ0v) is 21.9. The molecule has 0 radical (unpaired) electrons. The number of hydrogen-bond acceptors (Lipinski definition) is 15. The van der Waals surface area contributed by atoms with E-state index in [1.807, 2.05) is 0 Å². The molecule has 5 rings (SSSR count). The Morgan fingerprint density at radius 3 is 2.21 bits per heavy atom. The molecule has 9 N–H and O–H groups in total. The molecule has 2 aliphatic heterocycles. The van der Waals surface area contributed by atoms with Crippen LogP contribution in [0.1, 0.15) is 6.92 Å². The van der Waals surface area contributed by atoms with Gasteiger partial charge in [-0.3, -0.25) is 4.79 Å². The number of phenolic OH excluding ortho intramolecular Hbond substituents is 3. The fourth-order valence-electron chi connectivity index (χ4n) is 4.84. The third kappa shape index (κ3) is 5.49. The summed E-state index contributed by atoms with van der Waals surface area (Å²) in [6.07, 6.45) is -15.5. The van der Waals surface area contributed by atoms with Gasteiger partial charge in [-0.05, 0) is 25.1 Å². The summed E-state index contributed by atoms with van der Waals surface area (Å²) < 4.78 is 28.3. The Bertz CT molecular complexity index is 1490. The standard InChI is InChI=1S/C27H30O15/c1-9-20(33)22(35)24(37)26(38-9)42-25-23(36)21(34)18(8-28)41-27(25)39-11-5-14(31)19-15(32)7-16(40-17(19)6-11)10-2-3-12(29)13(30)4-10/h2-7,9,18,20-31,33-37H,8H2,1H3/t9-,18+,20-,21+,22+,23-,24+,25+,26?,27+/m0/s1. The predicted molar refractivity (Wildman–Crippen MR) is 139 cm³/mol. The van der Waals surface area contributed by atoms with Gasteiger partial charge in [0, 0.05) is 23.8 Å². The Balaban J connectivity index is 1.48. The predicted octanol–water partition coefficient (Wildman–Crippen LogP) is -1.39. The molecule has 2 aromatic carbocycles. The maximum atomic E-state index is 12.8. The van der Waals surface area contributed by atoms with Gasteiger partial charge >= 0.3 is 0 Å². The monoisotopic (exact) mass is 594 g/mol. The molecule has 42 heavy (non-hydrogen) atoms. The van der Waals surface area contributed by atoms with Gasteiger partial charge in [-0.15, -0.1) is 0 Å². The quantitative estimate of drug-likeness (QED) is 0.149. The van der Waals surface area contributed by atoms with Crippen LogP contribution in [-0.2, 0) is 14.2 Å². The van der Waals surface area contributed by atoms with Gasteiger partial charge in [0.25, 0.3) is 0 Å². The van der Waals surface area contributed by atoms with Gasteiger partial charge in [0.1, 0.15) is 64.9 Å². The number of hydrogen-bond donors (Lipinski definition) is 9. The molecule has 2 aliphatic rings. The van der Waals surface area contributed by atoms with Crippen molar-refractivity contribution < 1.29 is 69.3 Å². The molecule has 3 heterocycles. The largest absolute Gasteiger partial charge is 0.507 e. The fourth-order valence-corrected chi connectivity index (χ4v) is 4.84. The maximum absolute atomic E-state index is 12.8. The van der Waals surface area contributed by atoms with Gasteiger partial charge in [0.15, 0.2) is 29.3 Å². The number of aromatic hydroxyl groups is 3. The molecule has 228 valence electrons. The normalized spacial score (nSPS) is 33.5. The second-order valence-electron chi connectivity index (χ2n) is 10.1. The molecule has 15 nitrogen and oxygen atoms in total. The van der Waals surface area contributed by atoms with Crippen LogP contribution in [0.5, 0.6) is 23.0 Å². The van der Waals surface area contributed by atoms with E-state index in [2.05, 4.69) is 0 Å². The van der Waals surface area contributed by atoms with Crippen LogP contribution in [0.25, 0.3) is 22.3 Å². The molecular formula is C27H30O15. The zero-order valence-electron chi connectivity index (χ0n) is 21.9. The molecule has 1 unspecified atom stereocenters. The van der Waals surface area contributed by atoms with E-state index in [1.165, 1.54) is 25.1 Å². The lowest BCUT2D eigenvalue weighted by Gasteiger charge is -2.45. The molecule has 0 spiro atoms. The molecular weight excluding hydrogens is 564 g/mol. The first-order valence-electron chi connectivity index (χ1n) is 12.9. The van der Waals surface area contributed by atoms with Crippen LogP contribution in [0.2, 0.25) is 0 Å². The molecule has 1 aromatic heterocycles. The molecule has 0 aliphatic carbocycles. The number of phenols is 3. The van der Waals surface area contributed by atoms with Crippen LogP contribution in [-0.4, -0.2) is 114 Å². The van der Waals surface area contributed by atoms with Crippen molar-refractivity contribution in [1.29, 1.82) is 0 Å². The van der Waals surface area contributed by atoms with E-state index in [4.69, 9.17) is 23.4 Å². The Kier molecular flexibility index (Phi) is 8.30. The third-order valence-corrected chi connectivity index (χ3v) is 7.22. The van der Waals surface area contributed by atoms with Crippen molar-refractivity contribution >= 4 is 11.0 Å². The summed E-state index contributed by atoms with van der Waals surface area (Å²) in [5, 5.41) is 91.2. The highest BCUT2D eigenvalue weighted by Crippen LogP contribution is 2.36. The van der Waals surface area contributed by atoms with E-state index in [1.54, 1.807) is 0 Å². The first-order chi connectivity index (χ1) is 19.9. The van der Waals surface area contributed by atoms with E-state index in [0.29, 0.717) is 0 Å². The van der Waals surface area contributed by atoms with Crippen LogP contribution in [0.15, 0.2) is 45.6 Å². The van der Waals surface area contributed by atoms with Crippen molar-refractivity contribution in [3.05, 3.63) is 46.6 Å². The van der Waals surface area contributed by atoms with Gasteiger partial charge in [-0.2, -0.15) is 0 Å². The summed E-state index contributed by atoms with van der Waals surface area (Å²) in [5.74, 6) is -1.60. The summed E-state index contributed by atoms with van der Waals surface area (Å²) in [4.78, 5) is 12.8. The smallest absolute Gasteiger partial charge is 0.229 e. The minimum absolute atomic E-state index is 0.0216. The summed E-state index contributed by atoms with van der Waals surface area (Å²) in [6, 6.07) is 7.08. The second kappa shape index (κ2) is 11.6. The average molecular weight is 595 g/mol. The van der Waals surface area contributed by atoms with E-state index in [0.717, 1.165) is 18.2 Å². The highest BCUT2D eigenvalue weighted by atomic mass is 16.8. The fraction of sp³-hybridized carbons (Fsp3) is 0.444. The van der Waals surface area contributed by atoms with Crippen molar-refractivity contribution in [2.75, 3.05) is 6.61 Å². The summed E-state index contributed by atoms with van der Waals surface area (Å²) in [6.45, 7) is 0.671. The minimum Gasteiger partial charge on any atom is -0.507 e. The molecule has 2 saturated heterocycles. The Morgan fingerprint density at radius 1 is 0.786 bits per heavy atom. The van der Waals surface area contributed by atoms with Crippen LogP contribution in [0, 0.1) is 0 Å². The summed E-state index contributed by atoms with van der Waals surface area (Å²) >= 11 is 0. The summed E-state index contributed by atoms with van der Waals surface area (Å²) in [5.41, 5.74) is -0.575. The average Bonchev–Trinajstić information content (AvgIpc) is 2.95. The van der Waals surface area contributed by atoms with E-state index in [-0.39, 0.29) is 33.8 Å². The summed E-state index contributed by atoms with van der Waals surface area (Å²) in [7, 11) is 0. The molecule has 0 saturated carbocycles. The lowest BCUT2D eigenvalue weighted by Crippen LogP contribution is -2.64. The lowest BCUT2D eigenvalue weighted by atomic mass is 9.97. The Labute approximate surface area is 236 Å². The van der Waals surface area contributed by atoms with Crippen molar-refractivity contribution in [2.45, 2.75) is 68.3 Å². The second-order valence-corrected chi connectivity index (χ2v) is 10.1. The number of fused-ring (bicyclic) bond motifs is 1. The molecule has 2 fully saturated rings. The number of ether oxygens (including phenoxy) is 4. The molecule has 0 amide bonds. The molecule has 3 aromatic rings. The zero-order chi connectivity index (χ0) is 30.5. The lowest BCUT2D eigenvalue weighted by molar-refractivity contribution is -0.354. The van der Waals surface area contributed by atoms with Crippen molar-refractivity contribution in [3.8, 4) is 34.3 Å². The molecule has 0 bridgehead atoms. The highest BCUT2D eigenvalue weighted by molar-refractivity contribution is 5.86. The third-order valence-electron chi connectivity index (χ3n) is 7.22. The first kappa shape index (κ1) is 30.0. The Hall–Kier alpha value is -3.51. The van der Waals surface area contributed by atoms with Gasteiger partial charge in [-0.25, -0.2) is 0 Å². The SMILES string of the molecule is C[C@@H]1OC(O[C@H]2[C@H](Oc3cc(O)c4c(=O)cc(-c5ccc(O)c(O)c5)oc4c3)O[C@H](CO)[C@@H](O)[C@@H]2O)[C@H](O)[C@H](O)[C@H]1O. The van der Waals surface area contributed by atoms with Gasteiger partial charge < -0.3 is 69.3 Å². The highest BCUT2D eigenvalue weighted by Gasteiger charge is 2.50. The first-order valence-corrected chi connectivity index (χ1v) is 12.9. The number of rotatable bonds is 6. The molecule has 10 atom stereocenters. The Morgan fingerprint density at radius 2 is 1.52 bits per heavy atom. The van der Waals surface area contributed by atoms with Crippen molar-refractivity contribution in [1.82, 2.24) is 0 Å². The minimum atomic E-state index is -1.78. The molecule has 15 heteroatoms. The van der Waals surface area contributed by atoms with E-state index < -0.39 is 84.9 Å². The van der Waals surface area contributed by atoms with Crippen molar-refractivity contribution in [2.24, 2.45) is 0 Å². The van der Waals surface area contributed by atoms with Gasteiger partial charge in [0.2, 0.25) is 6.29 Å². The van der Waals surface area contributed by atoms with Crippen LogP contribution < -0.4 is 10.2 Å². The number of benzene rings is 2. The van der Waals surface area contributed by atoms with Crippen molar-refractivity contribution in [3.63, 3.8) is 0 Å². The van der Waals surface area contributed by atoms with Gasteiger partial charge in [-0.1, -0.05) is 0 Å². The number of aliphatic hydroxyl groups excluding tert-OH is 6. The maximum Gasteiger partial charge on any atom is 0.229 e.